The number of likely N-dealkylation sites (tertiary alicyclic amines) is 1. The molecular weight excluding hydrogens is 313 g/mol. The Morgan fingerprint density at radius 1 is 1.55 bits per heavy atom. The van der Waals surface area contributed by atoms with Gasteiger partial charge in [-0.2, -0.15) is 0 Å². The van der Waals surface area contributed by atoms with Gasteiger partial charge in [-0.3, -0.25) is 4.79 Å². The van der Waals surface area contributed by atoms with Crippen LogP contribution in [0.25, 0.3) is 0 Å². The largest absolute Gasteiger partial charge is 0.383 e. The number of hydrogen-bond acceptors (Lipinski definition) is 3. The van der Waals surface area contributed by atoms with Gasteiger partial charge < -0.3 is 20.3 Å². The van der Waals surface area contributed by atoms with Gasteiger partial charge in [0.1, 0.15) is 5.82 Å². The van der Waals surface area contributed by atoms with Crippen molar-refractivity contribution in [2.24, 2.45) is 0 Å². The quantitative estimate of drug-likeness (QED) is 0.866. The highest BCUT2D eigenvalue weighted by atomic mass is 35.5. The summed E-state index contributed by atoms with van der Waals surface area (Å²) in [6.07, 6.45) is 0.222. The van der Waals surface area contributed by atoms with E-state index in [0.29, 0.717) is 19.7 Å². The first-order chi connectivity index (χ1) is 10.5. The number of ether oxygens (including phenoxy) is 1. The van der Waals surface area contributed by atoms with E-state index in [1.807, 2.05) is 0 Å². The molecule has 2 rings (SSSR count). The molecule has 1 aliphatic rings. The Bertz CT molecular complexity index is 570. The average molecular weight is 330 g/mol. The molecule has 0 aliphatic carbocycles. The summed E-state index contributed by atoms with van der Waals surface area (Å²) in [5.74, 6) is -0.660. The fraction of sp³-hybridized carbons (Fsp3) is 0.429. The van der Waals surface area contributed by atoms with Crippen LogP contribution >= 0.6 is 11.6 Å². The highest BCUT2D eigenvalue weighted by molar-refractivity contribution is 6.30. The summed E-state index contributed by atoms with van der Waals surface area (Å²) in [4.78, 5) is 25.2. The molecule has 1 aromatic carbocycles. The van der Waals surface area contributed by atoms with Crippen molar-refractivity contribution in [3.05, 3.63) is 29.0 Å². The number of carbonyl (C=O) groups is 2. The van der Waals surface area contributed by atoms with Crippen LogP contribution in [0, 0.1) is 5.82 Å². The molecule has 1 fully saturated rings. The third-order valence-corrected chi connectivity index (χ3v) is 3.53. The molecule has 0 radical (unpaired) electrons. The zero-order valence-corrected chi connectivity index (χ0v) is 12.8. The smallest absolute Gasteiger partial charge is 0.319 e. The lowest BCUT2D eigenvalue weighted by Gasteiger charge is -2.16. The van der Waals surface area contributed by atoms with Crippen LogP contribution in [0.4, 0.5) is 14.9 Å². The number of nitrogens with one attached hydrogen (secondary N) is 2. The van der Waals surface area contributed by atoms with Gasteiger partial charge in [-0.15, -0.1) is 0 Å². The van der Waals surface area contributed by atoms with Crippen molar-refractivity contribution >= 4 is 29.2 Å². The predicted molar refractivity (Wildman–Crippen MR) is 80.4 cm³/mol. The number of carbonyl (C=O) groups excluding carboxylic acids is 2. The second kappa shape index (κ2) is 7.42. The van der Waals surface area contributed by atoms with E-state index in [-0.39, 0.29) is 29.1 Å². The molecule has 6 nitrogen and oxygen atoms in total. The number of urea groups is 1. The van der Waals surface area contributed by atoms with Crippen molar-refractivity contribution in [1.29, 1.82) is 0 Å². The molecule has 8 heteroatoms. The SMILES string of the molecule is COCCN1CC(NC(=O)Nc2ccc(Cl)cc2F)CC1=O. The molecule has 1 aliphatic heterocycles. The number of nitrogens with zero attached hydrogens (tertiary/aromatic N) is 1. The summed E-state index contributed by atoms with van der Waals surface area (Å²) in [6, 6.07) is 3.10. The van der Waals surface area contributed by atoms with E-state index in [9.17, 15) is 14.0 Å². The van der Waals surface area contributed by atoms with Crippen LogP contribution in [0.15, 0.2) is 18.2 Å². The predicted octanol–water partition coefficient (Wildman–Crippen LogP) is 1.85. The van der Waals surface area contributed by atoms with Gasteiger partial charge in [0.05, 0.1) is 18.3 Å². The van der Waals surface area contributed by atoms with E-state index >= 15 is 0 Å². The van der Waals surface area contributed by atoms with Crippen molar-refractivity contribution < 1.29 is 18.7 Å². The molecular formula is C14H17ClFN3O3. The summed E-state index contributed by atoms with van der Waals surface area (Å²) in [5.41, 5.74) is 0.0301. The first kappa shape index (κ1) is 16.5. The van der Waals surface area contributed by atoms with Crippen molar-refractivity contribution in [3.63, 3.8) is 0 Å². The van der Waals surface area contributed by atoms with Gasteiger partial charge in [0.25, 0.3) is 0 Å². The molecule has 1 saturated heterocycles. The molecule has 1 heterocycles. The van der Waals surface area contributed by atoms with Crippen molar-refractivity contribution in [3.8, 4) is 0 Å². The van der Waals surface area contributed by atoms with Gasteiger partial charge in [-0.25, -0.2) is 9.18 Å². The zero-order chi connectivity index (χ0) is 16.1. The lowest BCUT2D eigenvalue weighted by atomic mass is 10.2. The summed E-state index contributed by atoms with van der Waals surface area (Å²) >= 11 is 5.64. The molecule has 1 aromatic rings. The lowest BCUT2D eigenvalue weighted by molar-refractivity contribution is -0.128. The third kappa shape index (κ3) is 4.32. The van der Waals surface area contributed by atoms with E-state index in [0.717, 1.165) is 6.07 Å². The number of anilines is 1. The molecule has 2 N–H and O–H groups in total. The summed E-state index contributed by atoms with van der Waals surface area (Å²) in [5, 5.41) is 5.30. The zero-order valence-electron chi connectivity index (χ0n) is 12.1. The highest BCUT2D eigenvalue weighted by Crippen LogP contribution is 2.19. The molecule has 0 aromatic heterocycles. The number of amides is 3. The second-order valence-electron chi connectivity index (χ2n) is 4.96. The van der Waals surface area contributed by atoms with E-state index in [4.69, 9.17) is 16.3 Å². The normalized spacial score (nSPS) is 17.7. The maximum Gasteiger partial charge on any atom is 0.319 e. The van der Waals surface area contributed by atoms with Crippen LogP contribution in [-0.4, -0.2) is 49.7 Å². The van der Waals surface area contributed by atoms with Gasteiger partial charge in [-0.05, 0) is 18.2 Å². The maximum absolute atomic E-state index is 13.6. The van der Waals surface area contributed by atoms with Gasteiger partial charge >= 0.3 is 6.03 Å². The van der Waals surface area contributed by atoms with Crippen molar-refractivity contribution in [1.82, 2.24) is 10.2 Å². The van der Waals surface area contributed by atoms with Gasteiger partial charge in [-0.1, -0.05) is 11.6 Å². The number of hydrogen-bond donors (Lipinski definition) is 2. The van der Waals surface area contributed by atoms with Crippen molar-refractivity contribution in [2.75, 3.05) is 32.1 Å². The molecule has 0 saturated carbocycles. The Labute approximate surface area is 132 Å². The molecule has 0 spiro atoms. The fourth-order valence-electron chi connectivity index (χ4n) is 2.22. The molecule has 22 heavy (non-hydrogen) atoms. The first-order valence-corrected chi connectivity index (χ1v) is 7.16. The van der Waals surface area contributed by atoms with E-state index in [1.165, 1.54) is 12.1 Å². The molecule has 3 amide bonds. The number of benzene rings is 1. The van der Waals surface area contributed by atoms with Gasteiger partial charge in [0.15, 0.2) is 0 Å². The first-order valence-electron chi connectivity index (χ1n) is 6.79. The van der Waals surface area contributed by atoms with Crippen LogP contribution in [0.1, 0.15) is 6.42 Å². The highest BCUT2D eigenvalue weighted by Gasteiger charge is 2.30. The minimum absolute atomic E-state index is 0.0301. The minimum atomic E-state index is -0.619. The number of methoxy groups -OCH3 is 1. The summed E-state index contributed by atoms with van der Waals surface area (Å²) in [6.45, 7) is 1.35. The molecule has 1 atom stereocenters. The molecule has 1 unspecified atom stereocenters. The van der Waals surface area contributed by atoms with Crippen molar-refractivity contribution in [2.45, 2.75) is 12.5 Å². The maximum atomic E-state index is 13.6. The monoisotopic (exact) mass is 329 g/mol. The summed E-state index contributed by atoms with van der Waals surface area (Å²) < 4.78 is 18.5. The Morgan fingerprint density at radius 2 is 2.32 bits per heavy atom. The van der Waals surface area contributed by atoms with E-state index in [1.54, 1.807) is 12.0 Å². The fourth-order valence-corrected chi connectivity index (χ4v) is 2.38. The minimum Gasteiger partial charge on any atom is -0.383 e. The van der Waals surface area contributed by atoms with Gasteiger partial charge in [0.2, 0.25) is 5.91 Å². The topological polar surface area (TPSA) is 70.7 Å². The van der Waals surface area contributed by atoms with E-state index < -0.39 is 11.8 Å². The van der Waals surface area contributed by atoms with Crippen LogP contribution in [0.3, 0.4) is 0 Å². The Morgan fingerprint density at radius 3 is 3.00 bits per heavy atom. The van der Waals surface area contributed by atoms with Crippen LogP contribution in [-0.2, 0) is 9.53 Å². The summed E-state index contributed by atoms with van der Waals surface area (Å²) in [7, 11) is 1.56. The standard InChI is InChI=1S/C14H17ClFN3O3/c1-22-5-4-19-8-10(7-13(19)20)17-14(21)18-12-3-2-9(15)6-11(12)16/h2-3,6,10H,4-5,7-8H2,1H3,(H2,17,18,21). The average Bonchev–Trinajstić information content (AvgIpc) is 2.79. The Kier molecular flexibility index (Phi) is 5.57. The molecule has 0 bridgehead atoms. The van der Waals surface area contributed by atoms with Crippen LogP contribution in [0.5, 0.6) is 0 Å². The second-order valence-corrected chi connectivity index (χ2v) is 5.39. The number of halogens is 2. The van der Waals surface area contributed by atoms with Crippen LogP contribution < -0.4 is 10.6 Å². The Hall–Kier alpha value is -1.86. The van der Waals surface area contributed by atoms with E-state index in [2.05, 4.69) is 10.6 Å². The Balaban J connectivity index is 1.86. The third-order valence-electron chi connectivity index (χ3n) is 3.29. The molecule has 120 valence electrons. The number of rotatable bonds is 5. The van der Waals surface area contributed by atoms with Gasteiger partial charge in [0, 0.05) is 31.6 Å². The van der Waals surface area contributed by atoms with Crippen LogP contribution in [0.2, 0.25) is 5.02 Å². The lowest BCUT2D eigenvalue weighted by Crippen LogP contribution is -2.40.